The highest BCUT2D eigenvalue weighted by atomic mass is 79.9. The largest absolute Gasteiger partial charge is 0.483 e. The van der Waals surface area contributed by atoms with Crippen LogP contribution in [0.5, 0.6) is 5.75 Å². The summed E-state index contributed by atoms with van der Waals surface area (Å²) in [6.45, 7) is -0.265. The predicted molar refractivity (Wildman–Crippen MR) is 157 cm³/mol. The fraction of sp³-hybridized carbons (Fsp3) is 0.241. The average Bonchev–Trinajstić information content (AvgIpc) is 2.94. The van der Waals surface area contributed by atoms with Crippen LogP contribution in [0.2, 0.25) is 0 Å². The molecule has 5 rings (SSSR count). The average molecular weight is 656 g/mol. The number of aromatic nitrogens is 2. The Morgan fingerprint density at radius 3 is 2.54 bits per heavy atom. The van der Waals surface area contributed by atoms with E-state index in [0.29, 0.717) is 33.7 Å². The van der Waals surface area contributed by atoms with Gasteiger partial charge in [-0.2, -0.15) is 9.78 Å². The zero-order valence-corrected chi connectivity index (χ0v) is 24.0. The van der Waals surface area contributed by atoms with Crippen LogP contribution in [-0.2, 0) is 4.79 Å². The van der Waals surface area contributed by atoms with Crippen molar-refractivity contribution < 1.29 is 13.9 Å². The smallest absolute Gasteiger partial charge is 0.282 e. The first kappa shape index (κ1) is 27.2. The van der Waals surface area contributed by atoms with Crippen LogP contribution in [0.4, 0.5) is 10.1 Å². The minimum Gasteiger partial charge on any atom is -0.483 e. The molecule has 0 aliphatic heterocycles. The summed E-state index contributed by atoms with van der Waals surface area (Å²) in [6.07, 6.45) is 6.82. The zero-order valence-electron chi connectivity index (χ0n) is 20.9. The molecule has 200 valence electrons. The number of rotatable bonds is 7. The van der Waals surface area contributed by atoms with E-state index < -0.39 is 5.91 Å². The molecule has 0 unspecified atom stereocenters. The maximum absolute atomic E-state index is 13.6. The standard InChI is InChI=1S/C29H25Br2FN4O3/c30-20-7-13-26(39-17-27(37)34-23-10-8-22(32)9-11-23)19(14-20)16-33-36-28(18-4-2-1-3-5-18)35-25-12-6-21(31)15-24(25)29(36)38/h6-16,18H,1-5,17H2,(H,34,37). The van der Waals surface area contributed by atoms with Gasteiger partial charge in [0.15, 0.2) is 6.61 Å². The van der Waals surface area contributed by atoms with E-state index in [4.69, 9.17) is 9.72 Å². The minimum absolute atomic E-state index is 0.144. The van der Waals surface area contributed by atoms with Crippen molar-refractivity contribution in [1.29, 1.82) is 0 Å². The van der Waals surface area contributed by atoms with Gasteiger partial charge in [-0.3, -0.25) is 9.59 Å². The molecule has 1 aliphatic carbocycles. The number of fused-ring (bicyclic) bond motifs is 1. The Hall–Kier alpha value is -3.37. The number of halogens is 3. The van der Waals surface area contributed by atoms with Gasteiger partial charge in [0.05, 0.1) is 17.1 Å². The van der Waals surface area contributed by atoms with E-state index in [1.54, 1.807) is 30.5 Å². The summed E-state index contributed by atoms with van der Waals surface area (Å²) in [6, 6.07) is 16.3. The number of hydrogen-bond donors (Lipinski definition) is 1. The minimum atomic E-state index is -0.396. The van der Waals surface area contributed by atoms with E-state index in [9.17, 15) is 14.0 Å². The van der Waals surface area contributed by atoms with Crippen molar-refractivity contribution in [2.45, 2.75) is 38.0 Å². The molecule has 0 spiro atoms. The van der Waals surface area contributed by atoms with Gasteiger partial charge in [-0.25, -0.2) is 9.37 Å². The number of nitrogens with zero attached hydrogens (tertiary/aromatic N) is 3. The molecular weight excluding hydrogens is 631 g/mol. The Balaban J connectivity index is 1.44. The highest BCUT2D eigenvalue weighted by Crippen LogP contribution is 2.32. The highest BCUT2D eigenvalue weighted by Gasteiger charge is 2.22. The van der Waals surface area contributed by atoms with Crippen molar-refractivity contribution in [1.82, 2.24) is 9.66 Å². The molecule has 7 nitrogen and oxygen atoms in total. The molecule has 1 amide bonds. The number of benzene rings is 3. The predicted octanol–water partition coefficient (Wildman–Crippen LogP) is 7.01. The van der Waals surface area contributed by atoms with Crippen LogP contribution < -0.4 is 15.6 Å². The number of amides is 1. The Morgan fingerprint density at radius 2 is 1.77 bits per heavy atom. The fourth-order valence-corrected chi connectivity index (χ4v) is 5.39. The maximum Gasteiger partial charge on any atom is 0.282 e. The summed E-state index contributed by atoms with van der Waals surface area (Å²) in [7, 11) is 0. The lowest BCUT2D eigenvalue weighted by Crippen LogP contribution is -2.25. The first-order chi connectivity index (χ1) is 18.9. The summed E-state index contributed by atoms with van der Waals surface area (Å²) in [5, 5.41) is 7.75. The Kier molecular flexibility index (Phi) is 8.52. The van der Waals surface area contributed by atoms with Gasteiger partial charge in [0.25, 0.3) is 11.5 Å². The summed E-state index contributed by atoms with van der Waals surface area (Å²) in [5.41, 5.74) is 1.45. The molecule has 0 radical (unpaired) electrons. The SMILES string of the molecule is O=C(COc1ccc(Br)cc1C=Nn1c(C2CCCCC2)nc2ccc(Br)cc2c1=O)Nc1ccc(F)cc1. The van der Waals surface area contributed by atoms with E-state index in [0.717, 1.165) is 34.6 Å². The van der Waals surface area contributed by atoms with Crippen LogP contribution in [0, 0.1) is 5.82 Å². The van der Waals surface area contributed by atoms with Crippen molar-refractivity contribution in [3.8, 4) is 5.75 Å². The number of carbonyl (C=O) groups excluding carboxylic acids is 1. The lowest BCUT2D eigenvalue weighted by atomic mass is 9.88. The molecule has 1 N–H and O–H groups in total. The molecule has 1 saturated carbocycles. The zero-order chi connectivity index (χ0) is 27.4. The molecule has 0 bridgehead atoms. The third-order valence-electron chi connectivity index (χ3n) is 6.57. The number of hydrogen-bond acceptors (Lipinski definition) is 5. The van der Waals surface area contributed by atoms with Gasteiger partial charge in [0.1, 0.15) is 17.4 Å². The summed E-state index contributed by atoms with van der Waals surface area (Å²) in [5.74, 6) is 0.433. The lowest BCUT2D eigenvalue weighted by molar-refractivity contribution is -0.118. The van der Waals surface area contributed by atoms with Crippen molar-refractivity contribution in [3.63, 3.8) is 0 Å². The summed E-state index contributed by atoms with van der Waals surface area (Å²) >= 11 is 6.92. The van der Waals surface area contributed by atoms with Crippen LogP contribution >= 0.6 is 31.9 Å². The molecule has 39 heavy (non-hydrogen) atoms. The van der Waals surface area contributed by atoms with Crippen LogP contribution in [-0.4, -0.2) is 28.4 Å². The van der Waals surface area contributed by atoms with Crippen LogP contribution in [0.25, 0.3) is 10.9 Å². The first-order valence-electron chi connectivity index (χ1n) is 12.6. The van der Waals surface area contributed by atoms with E-state index in [-0.39, 0.29) is 23.9 Å². The second-order valence-corrected chi connectivity index (χ2v) is 11.2. The molecular formula is C29H25Br2FN4O3. The van der Waals surface area contributed by atoms with Crippen molar-refractivity contribution in [3.05, 3.63) is 97.2 Å². The van der Waals surface area contributed by atoms with Crippen molar-refractivity contribution >= 4 is 60.6 Å². The molecule has 10 heteroatoms. The number of nitrogens with one attached hydrogen (secondary N) is 1. The van der Waals surface area contributed by atoms with E-state index in [2.05, 4.69) is 42.3 Å². The Morgan fingerprint density at radius 1 is 1.05 bits per heavy atom. The van der Waals surface area contributed by atoms with Crippen LogP contribution in [0.15, 0.2) is 79.5 Å². The topological polar surface area (TPSA) is 85.6 Å². The molecule has 0 saturated heterocycles. The molecule has 1 heterocycles. The third-order valence-corrected chi connectivity index (χ3v) is 7.56. The number of anilines is 1. The second-order valence-electron chi connectivity index (χ2n) is 9.35. The number of carbonyl (C=O) groups is 1. The molecule has 1 fully saturated rings. The highest BCUT2D eigenvalue weighted by molar-refractivity contribution is 9.10. The summed E-state index contributed by atoms with van der Waals surface area (Å²) in [4.78, 5) is 30.9. The van der Waals surface area contributed by atoms with E-state index >= 15 is 0 Å². The molecule has 1 aromatic heterocycles. The van der Waals surface area contributed by atoms with E-state index in [1.807, 2.05) is 12.1 Å². The number of ether oxygens (including phenoxy) is 1. The third kappa shape index (κ3) is 6.62. The summed E-state index contributed by atoms with van der Waals surface area (Å²) < 4.78 is 21.9. The van der Waals surface area contributed by atoms with Crippen molar-refractivity contribution in [2.24, 2.45) is 5.10 Å². The van der Waals surface area contributed by atoms with Crippen LogP contribution in [0.3, 0.4) is 0 Å². The van der Waals surface area contributed by atoms with E-state index in [1.165, 1.54) is 35.4 Å². The van der Waals surface area contributed by atoms with Gasteiger partial charge >= 0.3 is 0 Å². The van der Waals surface area contributed by atoms with Gasteiger partial charge in [-0.1, -0.05) is 51.1 Å². The van der Waals surface area contributed by atoms with Gasteiger partial charge in [0.2, 0.25) is 0 Å². The van der Waals surface area contributed by atoms with Crippen molar-refractivity contribution in [2.75, 3.05) is 11.9 Å². The Labute approximate surface area is 241 Å². The quantitative estimate of drug-likeness (QED) is 0.217. The molecule has 0 atom stereocenters. The van der Waals surface area contributed by atoms with Crippen LogP contribution in [0.1, 0.15) is 49.4 Å². The molecule has 1 aliphatic rings. The lowest BCUT2D eigenvalue weighted by Gasteiger charge is -2.22. The maximum atomic E-state index is 13.6. The van der Waals surface area contributed by atoms with Gasteiger partial charge in [0, 0.05) is 26.1 Å². The molecule has 3 aromatic carbocycles. The monoisotopic (exact) mass is 654 g/mol. The normalized spacial score (nSPS) is 14.1. The first-order valence-corrected chi connectivity index (χ1v) is 14.2. The van der Waals surface area contributed by atoms with Gasteiger partial charge < -0.3 is 10.1 Å². The fourth-order valence-electron chi connectivity index (χ4n) is 4.65. The molecule has 4 aromatic rings. The Bertz CT molecular complexity index is 1600. The second kappa shape index (κ2) is 12.2. The van der Waals surface area contributed by atoms with Gasteiger partial charge in [-0.15, -0.1) is 0 Å². The van der Waals surface area contributed by atoms with Gasteiger partial charge in [-0.05, 0) is 73.5 Å².